The van der Waals surface area contributed by atoms with E-state index in [4.69, 9.17) is 0 Å². The van der Waals surface area contributed by atoms with Crippen molar-refractivity contribution in [3.63, 3.8) is 0 Å². The number of hydrogen-bond donors (Lipinski definition) is 4. The fourth-order valence-electron chi connectivity index (χ4n) is 2.24. The van der Waals surface area contributed by atoms with Crippen LogP contribution >= 0.6 is 11.9 Å². The molecule has 0 aliphatic rings. The third-order valence-electron chi connectivity index (χ3n) is 3.37. The average molecular weight is 402 g/mol. The first-order valence-electron chi connectivity index (χ1n) is 8.04. The molecule has 1 heterocycles. The van der Waals surface area contributed by atoms with Gasteiger partial charge in [-0.25, -0.2) is 18.9 Å². The topological polar surface area (TPSA) is 104 Å². The molecule has 3 aromatic rings. The highest BCUT2D eigenvalue weighted by molar-refractivity contribution is 7.97. The van der Waals surface area contributed by atoms with E-state index in [2.05, 4.69) is 35.0 Å². The van der Waals surface area contributed by atoms with E-state index >= 15 is 0 Å². The highest BCUT2D eigenvalue weighted by Crippen LogP contribution is 2.21. The molecule has 3 rings (SSSR count). The van der Waals surface area contributed by atoms with E-state index in [0.717, 1.165) is 16.3 Å². The molecule has 0 amide bonds. The molecule has 1 atom stereocenters. The van der Waals surface area contributed by atoms with E-state index in [-0.39, 0.29) is 0 Å². The van der Waals surface area contributed by atoms with Gasteiger partial charge >= 0.3 is 0 Å². The lowest BCUT2D eigenvalue weighted by Crippen LogP contribution is -2.10. The average Bonchev–Trinajstić information content (AvgIpc) is 2.68. The Labute approximate surface area is 164 Å². The summed E-state index contributed by atoms with van der Waals surface area (Å²) in [6, 6.07) is 15.1. The minimum absolute atomic E-state index is 0.389. The second-order valence-electron chi connectivity index (χ2n) is 5.22. The molecule has 0 saturated heterocycles. The third-order valence-corrected chi connectivity index (χ3v) is 5.12. The fraction of sp³-hybridized carbons (Fsp3) is 0.118. The van der Waals surface area contributed by atoms with Crippen molar-refractivity contribution in [3.05, 3.63) is 54.9 Å². The number of rotatable bonds is 8. The summed E-state index contributed by atoms with van der Waals surface area (Å²) in [5, 5.41) is 6.27. The second kappa shape index (κ2) is 9.42. The van der Waals surface area contributed by atoms with Crippen molar-refractivity contribution >= 4 is 46.2 Å². The van der Waals surface area contributed by atoms with Gasteiger partial charge in [0.2, 0.25) is 11.9 Å². The lowest BCUT2D eigenvalue weighted by molar-refractivity contribution is 0.678. The Morgan fingerprint density at radius 3 is 2.26 bits per heavy atom. The molecule has 0 aliphatic carbocycles. The first kappa shape index (κ1) is 19.2. The van der Waals surface area contributed by atoms with Crippen LogP contribution in [-0.2, 0) is 11.0 Å². The molecule has 8 nitrogen and oxygen atoms in total. The van der Waals surface area contributed by atoms with E-state index in [9.17, 15) is 4.21 Å². The Morgan fingerprint density at radius 2 is 1.59 bits per heavy atom. The number of hydrogen-bond acceptors (Lipinski definition) is 8. The quantitative estimate of drug-likeness (QED) is 0.427. The summed E-state index contributed by atoms with van der Waals surface area (Å²) < 4.78 is 17.6. The van der Waals surface area contributed by atoms with Gasteiger partial charge in [0.15, 0.2) is 0 Å². The highest BCUT2D eigenvalue weighted by atomic mass is 32.2. The molecule has 140 valence electrons. The Morgan fingerprint density at radius 1 is 0.926 bits per heavy atom. The molecule has 27 heavy (non-hydrogen) atoms. The number of benzene rings is 2. The predicted octanol–water partition coefficient (Wildman–Crippen LogP) is 2.83. The fourth-order valence-corrected chi connectivity index (χ4v) is 3.48. The van der Waals surface area contributed by atoms with Crippen molar-refractivity contribution in [2.45, 2.75) is 9.79 Å². The van der Waals surface area contributed by atoms with Crippen LogP contribution in [0.4, 0.5) is 23.3 Å². The SMILES string of the molecule is CNSc1cccc(Nc2ncnc(Nc3cccc(S(=O)NC)c3)n2)c1. The summed E-state index contributed by atoms with van der Waals surface area (Å²) in [6.45, 7) is 0. The van der Waals surface area contributed by atoms with Crippen molar-refractivity contribution in [3.8, 4) is 0 Å². The van der Waals surface area contributed by atoms with Crippen molar-refractivity contribution in [1.29, 1.82) is 0 Å². The van der Waals surface area contributed by atoms with E-state index in [1.165, 1.54) is 18.3 Å². The molecule has 0 spiro atoms. The molecule has 10 heteroatoms. The van der Waals surface area contributed by atoms with Crippen molar-refractivity contribution in [2.24, 2.45) is 0 Å². The summed E-state index contributed by atoms with van der Waals surface area (Å²) in [5.41, 5.74) is 1.61. The molecule has 1 unspecified atom stereocenters. The summed E-state index contributed by atoms with van der Waals surface area (Å²) in [4.78, 5) is 14.4. The van der Waals surface area contributed by atoms with Gasteiger partial charge in [-0.3, -0.25) is 4.72 Å². The van der Waals surface area contributed by atoms with Gasteiger partial charge in [-0.2, -0.15) is 4.98 Å². The zero-order chi connectivity index (χ0) is 19.1. The van der Waals surface area contributed by atoms with E-state index in [0.29, 0.717) is 16.8 Å². The molecule has 0 aliphatic heterocycles. The number of nitrogens with one attached hydrogen (secondary N) is 4. The van der Waals surface area contributed by atoms with Gasteiger partial charge in [0.25, 0.3) is 0 Å². The minimum atomic E-state index is -1.26. The number of nitrogens with zero attached hydrogens (tertiary/aromatic N) is 3. The minimum Gasteiger partial charge on any atom is -0.324 e. The molecule has 0 bridgehead atoms. The van der Waals surface area contributed by atoms with E-state index < -0.39 is 11.0 Å². The zero-order valence-corrected chi connectivity index (χ0v) is 16.4. The molecule has 0 radical (unpaired) electrons. The van der Waals surface area contributed by atoms with Crippen LogP contribution in [0.25, 0.3) is 0 Å². The van der Waals surface area contributed by atoms with Crippen molar-refractivity contribution in [2.75, 3.05) is 24.7 Å². The van der Waals surface area contributed by atoms with Gasteiger partial charge in [0, 0.05) is 16.3 Å². The monoisotopic (exact) mass is 401 g/mol. The lowest BCUT2D eigenvalue weighted by Gasteiger charge is -2.09. The van der Waals surface area contributed by atoms with Crippen molar-refractivity contribution < 1.29 is 4.21 Å². The highest BCUT2D eigenvalue weighted by Gasteiger charge is 2.06. The van der Waals surface area contributed by atoms with Gasteiger partial charge in [-0.05, 0) is 62.4 Å². The van der Waals surface area contributed by atoms with Crippen LogP contribution in [0.3, 0.4) is 0 Å². The van der Waals surface area contributed by atoms with Gasteiger partial charge in [0.1, 0.15) is 17.3 Å². The first-order chi connectivity index (χ1) is 13.2. The molecular weight excluding hydrogens is 382 g/mol. The molecular formula is C17H19N7OS2. The van der Waals surface area contributed by atoms with Crippen molar-refractivity contribution in [1.82, 2.24) is 24.4 Å². The van der Waals surface area contributed by atoms with Gasteiger partial charge in [0.05, 0.1) is 4.90 Å². The van der Waals surface area contributed by atoms with Crippen LogP contribution in [0.15, 0.2) is 64.6 Å². The summed E-state index contributed by atoms with van der Waals surface area (Å²) in [6.07, 6.45) is 1.43. The zero-order valence-electron chi connectivity index (χ0n) is 14.8. The molecule has 4 N–H and O–H groups in total. The predicted molar refractivity (Wildman–Crippen MR) is 110 cm³/mol. The first-order valence-corrected chi connectivity index (χ1v) is 10.0. The van der Waals surface area contributed by atoms with Crippen LogP contribution in [0.5, 0.6) is 0 Å². The molecule has 2 aromatic carbocycles. The summed E-state index contributed by atoms with van der Waals surface area (Å²) in [7, 11) is 2.26. The van der Waals surface area contributed by atoms with E-state index in [1.807, 2.05) is 43.4 Å². The molecule has 0 saturated carbocycles. The Hall–Kier alpha value is -2.53. The van der Waals surface area contributed by atoms with Crippen LogP contribution in [0, 0.1) is 0 Å². The molecule has 1 aromatic heterocycles. The van der Waals surface area contributed by atoms with Crippen LogP contribution in [0.2, 0.25) is 0 Å². The van der Waals surface area contributed by atoms with Gasteiger partial charge < -0.3 is 10.6 Å². The Kier molecular flexibility index (Phi) is 6.71. The third kappa shape index (κ3) is 5.47. The van der Waals surface area contributed by atoms with Crippen LogP contribution in [-0.4, -0.2) is 33.3 Å². The van der Waals surface area contributed by atoms with Crippen LogP contribution < -0.4 is 20.1 Å². The maximum atomic E-state index is 11.9. The largest absolute Gasteiger partial charge is 0.324 e. The molecule has 0 fully saturated rings. The lowest BCUT2D eigenvalue weighted by atomic mass is 10.3. The smallest absolute Gasteiger partial charge is 0.232 e. The van der Waals surface area contributed by atoms with Gasteiger partial charge in [-0.1, -0.05) is 12.1 Å². The maximum Gasteiger partial charge on any atom is 0.232 e. The summed E-state index contributed by atoms with van der Waals surface area (Å²) >= 11 is 1.52. The maximum absolute atomic E-state index is 11.9. The second-order valence-corrected chi connectivity index (χ2v) is 7.72. The van der Waals surface area contributed by atoms with Gasteiger partial charge in [-0.15, -0.1) is 0 Å². The van der Waals surface area contributed by atoms with E-state index in [1.54, 1.807) is 19.2 Å². The Balaban J connectivity index is 1.74. The van der Waals surface area contributed by atoms with Crippen LogP contribution in [0.1, 0.15) is 0 Å². The number of aromatic nitrogens is 3. The number of anilines is 4. The standard InChI is InChI=1S/C17H19N7OS2/c1-18-26-14-7-3-5-12(9-14)22-16-20-11-21-17(24-16)23-13-6-4-8-15(10-13)27(25)19-2/h3-11,18-19H,1-2H3,(H2,20,21,22,23,24). The Bertz CT molecular complexity index is 938. The normalized spacial score (nSPS) is 11.8. The summed E-state index contributed by atoms with van der Waals surface area (Å²) in [5.74, 6) is 0.815.